The van der Waals surface area contributed by atoms with E-state index in [9.17, 15) is 14.3 Å². The fourth-order valence-corrected chi connectivity index (χ4v) is 3.51. The number of aliphatic hydroxyl groups is 1. The SMILES string of the molecule is Cc1cc(CN(C)C[C@@]2(O)CCCN(Cc3ccc(F)cc3)C2=O)n[nH]1. The van der Waals surface area contributed by atoms with Crippen LogP contribution in [-0.4, -0.2) is 56.7 Å². The number of carbonyl (C=O) groups is 1. The van der Waals surface area contributed by atoms with Crippen LogP contribution in [0.4, 0.5) is 4.39 Å². The van der Waals surface area contributed by atoms with Crippen molar-refractivity contribution in [2.75, 3.05) is 20.1 Å². The average molecular weight is 360 g/mol. The summed E-state index contributed by atoms with van der Waals surface area (Å²) in [6, 6.07) is 8.06. The van der Waals surface area contributed by atoms with E-state index in [1.807, 2.05) is 24.9 Å². The fraction of sp³-hybridized carbons (Fsp3) is 0.474. The van der Waals surface area contributed by atoms with Gasteiger partial charge in [0.25, 0.3) is 5.91 Å². The molecule has 3 rings (SSSR count). The van der Waals surface area contributed by atoms with Crippen molar-refractivity contribution in [1.29, 1.82) is 0 Å². The molecule has 1 aromatic carbocycles. The number of likely N-dealkylation sites (tertiary alicyclic amines) is 1. The second kappa shape index (κ2) is 7.55. The van der Waals surface area contributed by atoms with Crippen LogP contribution in [0.3, 0.4) is 0 Å². The van der Waals surface area contributed by atoms with Crippen LogP contribution in [0, 0.1) is 12.7 Å². The Hall–Kier alpha value is -2.25. The molecule has 0 saturated carbocycles. The third-order valence-electron chi connectivity index (χ3n) is 4.71. The number of H-pyrrole nitrogens is 1. The zero-order chi connectivity index (χ0) is 18.7. The molecule has 6 nitrogen and oxygen atoms in total. The van der Waals surface area contributed by atoms with Crippen molar-refractivity contribution in [2.45, 2.75) is 38.5 Å². The van der Waals surface area contributed by atoms with E-state index in [1.165, 1.54) is 12.1 Å². The molecule has 2 aromatic rings. The van der Waals surface area contributed by atoms with Crippen molar-refractivity contribution < 1.29 is 14.3 Å². The number of halogens is 1. The van der Waals surface area contributed by atoms with Crippen molar-refractivity contribution in [3.63, 3.8) is 0 Å². The lowest BCUT2D eigenvalue weighted by Gasteiger charge is -2.40. The minimum Gasteiger partial charge on any atom is -0.379 e. The normalized spacial score (nSPS) is 20.8. The number of aryl methyl sites for hydroxylation is 1. The van der Waals surface area contributed by atoms with Crippen molar-refractivity contribution in [1.82, 2.24) is 20.0 Å². The fourth-order valence-electron chi connectivity index (χ4n) is 3.51. The minimum atomic E-state index is -1.40. The van der Waals surface area contributed by atoms with Crippen LogP contribution < -0.4 is 0 Å². The van der Waals surface area contributed by atoms with E-state index in [1.54, 1.807) is 17.0 Å². The number of aromatic amines is 1. The second-order valence-electron chi connectivity index (χ2n) is 7.20. The van der Waals surface area contributed by atoms with E-state index in [0.717, 1.165) is 23.4 Å². The molecule has 140 valence electrons. The third-order valence-corrected chi connectivity index (χ3v) is 4.71. The van der Waals surface area contributed by atoms with E-state index >= 15 is 0 Å². The Morgan fingerprint density at radius 1 is 1.38 bits per heavy atom. The largest absolute Gasteiger partial charge is 0.379 e. The molecule has 1 amide bonds. The van der Waals surface area contributed by atoms with E-state index < -0.39 is 5.60 Å². The maximum atomic E-state index is 13.1. The summed E-state index contributed by atoms with van der Waals surface area (Å²) < 4.78 is 13.1. The lowest BCUT2D eigenvalue weighted by molar-refractivity contribution is -0.160. The number of aromatic nitrogens is 2. The Balaban J connectivity index is 1.64. The van der Waals surface area contributed by atoms with Gasteiger partial charge in [-0.15, -0.1) is 0 Å². The minimum absolute atomic E-state index is 0.248. The summed E-state index contributed by atoms with van der Waals surface area (Å²) >= 11 is 0. The topological polar surface area (TPSA) is 72.5 Å². The van der Waals surface area contributed by atoms with E-state index in [4.69, 9.17) is 0 Å². The van der Waals surface area contributed by atoms with Crippen LogP contribution >= 0.6 is 0 Å². The van der Waals surface area contributed by atoms with Gasteiger partial charge in [0.2, 0.25) is 0 Å². The van der Waals surface area contributed by atoms with Gasteiger partial charge < -0.3 is 10.0 Å². The lowest BCUT2D eigenvalue weighted by atomic mass is 9.90. The standard InChI is InChI=1S/C19H25FN4O2/c1-14-10-17(22-21-14)12-23(2)13-19(26)8-3-9-24(18(19)25)11-15-4-6-16(20)7-5-15/h4-7,10,26H,3,8-9,11-13H2,1-2H3,(H,21,22)/t19-/m0/s1. The number of nitrogens with one attached hydrogen (secondary N) is 1. The van der Waals surface area contributed by atoms with Crippen LogP contribution in [0.2, 0.25) is 0 Å². The number of hydrogen-bond acceptors (Lipinski definition) is 4. The first kappa shape index (κ1) is 18.5. The number of rotatable bonds is 6. The van der Waals surface area contributed by atoms with Crippen molar-refractivity contribution >= 4 is 5.91 Å². The molecule has 2 N–H and O–H groups in total. The summed E-state index contributed by atoms with van der Waals surface area (Å²) in [5, 5.41) is 18.1. The molecule has 7 heteroatoms. The van der Waals surface area contributed by atoms with E-state index in [-0.39, 0.29) is 18.3 Å². The molecular weight excluding hydrogens is 335 g/mol. The van der Waals surface area contributed by atoms with E-state index in [2.05, 4.69) is 10.2 Å². The second-order valence-corrected chi connectivity index (χ2v) is 7.20. The third kappa shape index (κ3) is 4.28. The first-order chi connectivity index (χ1) is 12.4. The van der Waals surface area contributed by atoms with Crippen LogP contribution in [-0.2, 0) is 17.9 Å². The van der Waals surface area contributed by atoms with Gasteiger partial charge in [0.1, 0.15) is 5.82 Å². The summed E-state index contributed by atoms with van der Waals surface area (Å²) in [6.07, 6.45) is 1.18. The van der Waals surface area contributed by atoms with Gasteiger partial charge in [-0.05, 0) is 50.6 Å². The molecule has 0 unspecified atom stereocenters. The van der Waals surface area contributed by atoms with Gasteiger partial charge in [0.05, 0.1) is 5.69 Å². The highest BCUT2D eigenvalue weighted by Gasteiger charge is 2.42. The Morgan fingerprint density at radius 3 is 2.77 bits per heavy atom. The summed E-state index contributed by atoms with van der Waals surface area (Å²) in [6.45, 7) is 3.71. The van der Waals surface area contributed by atoms with Crippen LogP contribution in [0.15, 0.2) is 30.3 Å². The first-order valence-electron chi connectivity index (χ1n) is 8.81. The van der Waals surface area contributed by atoms with Crippen molar-refractivity contribution in [3.8, 4) is 0 Å². The number of nitrogens with zero attached hydrogens (tertiary/aromatic N) is 3. The maximum absolute atomic E-state index is 13.1. The molecular formula is C19H25FN4O2. The highest BCUT2D eigenvalue weighted by atomic mass is 19.1. The first-order valence-corrected chi connectivity index (χ1v) is 8.81. The quantitative estimate of drug-likeness (QED) is 0.825. The number of amides is 1. The van der Waals surface area contributed by atoms with Crippen molar-refractivity contribution in [3.05, 3.63) is 53.1 Å². The Bertz CT molecular complexity index is 761. The molecule has 0 spiro atoms. The van der Waals surface area contributed by atoms with Crippen LogP contribution in [0.5, 0.6) is 0 Å². The maximum Gasteiger partial charge on any atom is 0.256 e. The Labute approximate surface area is 152 Å². The number of piperidine rings is 1. The predicted octanol–water partition coefficient (Wildman–Crippen LogP) is 1.84. The molecule has 2 heterocycles. The van der Waals surface area contributed by atoms with Crippen LogP contribution in [0.25, 0.3) is 0 Å². The molecule has 1 saturated heterocycles. The lowest BCUT2D eigenvalue weighted by Crippen LogP contribution is -2.57. The van der Waals surface area contributed by atoms with Crippen LogP contribution in [0.1, 0.15) is 29.8 Å². The zero-order valence-corrected chi connectivity index (χ0v) is 15.2. The molecule has 1 aromatic heterocycles. The monoisotopic (exact) mass is 360 g/mol. The van der Waals surface area contributed by atoms with E-state index in [0.29, 0.717) is 26.1 Å². The number of hydrogen-bond donors (Lipinski definition) is 2. The molecule has 1 atom stereocenters. The van der Waals surface area contributed by atoms with Gasteiger partial charge in [-0.1, -0.05) is 12.1 Å². The van der Waals surface area contributed by atoms with Gasteiger partial charge in [0.15, 0.2) is 5.60 Å². The summed E-state index contributed by atoms with van der Waals surface area (Å²) in [5.41, 5.74) is 1.30. The molecule has 0 aliphatic carbocycles. The Morgan fingerprint density at radius 2 is 2.12 bits per heavy atom. The molecule has 1 fully saturated rings. The summed E-state index contributed by atoms with van der Waals surface area (Å²) in [5.74, 6) is -0.566. The molecule has 0 radical (unpaired) electrons. The molecule has 1 aliphatic heterocycles. The van der Waals surface area contributed by atoms with Gasteiger partial charge in [-0.2, -0.15) is 5.10 Å². The number of likely N-dealkylation sites (N-methyl/N-ethyl adjacent to an activating group) is 1. The van der Waals surface area contributed by atoms with Gasteiger partial charge in [-0.3, -0.25) is 14.8 Å². The smallest absolute Gasteiger partial charge is 0.256 e. The predicted molar refractivity (Wildman–Crippen MR) is 95.7 cm³/mol. The molecule has 0 bridgehead atoms. The van der Waals surface area contributed by atoms with Gasteiger partial charge in [-0.25, -0.2) is 4.39 Å². The highest BCUT2D eigenvalue weighted by Crippen LogP contribution is 2.25. The molecule has 1 aliphatic rings. The van der Waals surface area contributed by atoms with Gasteiger partial charge in [0, 0.05) is 31.9 Å². The highest BCUT2D eigenvalue weighted by molar-refractivity contribution is 5.86. The summed E-state index contributed by atoms with van der Waals surface area (Å²) in [7, 11) is 1.87. The van der Waals surface area contributed by atoms with Crippen molar-refractivity contribution in [2.24, 2.45) is 0 Å². The van der Waals surface area contributed by atoms with Gasteiger partial charge >= 0.3 is 0 Å². The average Bonchev–Trinajstić information content (AvgIpc) is 2.98. The Kier molecular flexibility index (Phi) is 5.38. The molecule has 26 heavy (non-hydrogen) atoms. The number of benzene rings is 1. The number of carbonyl (C=O) groups excluding carboxylic acids is 1. The summed E-state index contributed by atoms with van der Waals surface area (Å²) in [4.78, 5) is 16.4. The zero-order valence-electron chi connectivity index (χ0n) is 15.2.